The van der Waals surface area contributed by atoms with Crippen molar-refractivity contribution in [2.24, 2.45) is 5.92 Å². The predicted octanol–water partition coefficient (Wildman–Crippen LogP) is 1.05. The van der Waals surface area contributed by atoms with Crippen molar-refractivity contribution < 1.29 is 4.79 Å². The van der Waals surface area contributed by atoms with Gasteiger partial charge in [-0.25, -0.2) is 0 Å². The number of nitrogens with zero attached hydrogens (tertiary/aromatic N) is 1. The summed E-state index contributed by atoms with van der Waals surface area (Å²) in [7, 11) is 0. The molecule has 1 atom stereocenters. The Morgan fingerprint density at radius 1 is 1.78 bits per heavy atom. The Hall–Kier alpha value is -1.10. The summed E-state index contributed by atoms with van der Waals surface area (Å²) in [5.41, 5.74) is 0. The lowest BCUT2D eigenvalue weighted by atomic mass is 9.95. The van der Waals surface area contributed by atoms with E-state index < -0.39 is 0 Å². The zero-order valence-corrected chi connectivity index (χ0v) is 5.00. The van der Waals surface area contributed by atoms with Gasteiger partial charge in [0.2, 0.25) is 0 Å². The van der Waals surface area contributed by atoms with Crippen molar-refractivity contribution in [1.82, 2.24) is 0 Å². The van der Waals surface area contributed by atoms with Gasteiger partial charge in [-0.15, -0.1) is 0 Å². The molecule has 0 aliphatic heterocycles. The quantitative estimate of drug-likeness (QED) is 0.480. The summed E-state index contributed by atoms with van der Waals surface area (Å²) in [6, 6.07) is 2.06. The Labute approximate surface area is 53.8 Å². The molecule has 1 aliphatic carbocycles. The molecule has 0 aromatic carbocycles. The molecule has 0 spiro atoms. The van der Waals surface area contributed by atoms with Crippen LogP contribution < -0.4 is 0 Å². The average Bonchev–Trinajstić information content (AvgIpc) is 1.88. The van der Waals surface area contributed by atoms with Crippen LogP contribution in [0.1, 0.15) is 12.8 Å². The van der Waals surface area contributed by atoms with E-state index in [4.69, 9.17) is 5.26 Å². The lowest BCUT2D eigenvalue weighted by molar-refractivity contribution is -0.115. The first-order valence-electron chi connectivity index (χ1n) is 2.92. The topological polar surface area (TPSA) is 40.9 Å². The minimum Gasteiger partial charge on any atom is -0.295 e. The van der Waals surface area contributed by atoms with Crippen LogP contribution in [0.5, 0.6) is 0 Å². The molecular weight excluding hydrogens is 114 g/mol. The van der Waals surface area contributed by atoms with Crippen molar-refractivity contribution in [3.8, 4) is 6.07 Å². The lowest BCUT2D eigenvalue weighted by Crippen LogP contribution is -2.07. The van der Waals surface area contributed by atoms with Crippen molar-refractivity contribution in [2.45, 2.75) is 12.8 Å². The minimum absolute atomic E-state index is 0.0671. The van der Waals surface area contributed by atoms with Gasteiger partial charge in [-0.2, -0.15) is 5.26 Å². The van der Waals surface area contributed by atoms with Crippen molar-refractivity contribution in [1.29, 1.82) is 5.26 Å². The number of hydrogen-bond acceptors (Lipinski definition) is 2. The standard InChI is InChI=1S/C7H7NO/c8-5-6-2-1-3-7(9)4-6/h1,3,6H,2,4H2. The molecule has 0 heterocycles. The highest BCUT2D eigenvalue weighted by atomic mass is 16.1. The van der Waals surface area contributed by atoms with E-state index in [1.807, 2.05) is 0 Å². The van der Waals surface area contributed by atoms with Gasteiger partial charge in [0.1, 0.15) is 0 Å². The van der Waals surface area contributed by atoms with Crippen molar-refractivity contribution in [2.75, 3.05) is 0 Å². The summed E-state index contributed by atoms with van der Waals surface area (Å²) >= 11 is 0. The van der Waals surface area contributed by atoms with E-state index in [-0.39, 0.29) is 11.7 Å². The second-order valence-corrected chi connectivity index (χ2v) is 2.13. The van der Waals surface area contributed by atoms with Gasteiger partial charge < -0.3 is 0 Å². The fourth-order valence-electron chi connectivity index (χ4n) is 0.856. The fraction of sp³-hybridized carbons (Fsp3) is 0.429. The fourth-order valence-corrected chi connectivity index (χ4v) is 0.856. The van der Waals surface area contributed by atoms with Crippen LogP contribution in [-0.2, 0) is 4.79 Å². The number of ketones is 1. The van der Waals surface area contributed by atoms with Gasteiger partial charge in [0, 0.05) is 6.42 Å². The third kappa shape index (κ3) is 1.39. The molecule has 0 bridgehead atoms. The molecule has 0 N–H and O–H groups in total. The number of carbonyl (C=O) groups is 1. The summed E-state index contributed by atoms with van der Waals surface area (Å²) < 4.78 is 0. The van der Waals surface area contributed by atoms with Crippen LogP contribution in [0.25, 0.3) is 0 Å². The van der Waals surface area contributed by atoms with Crippen LogP contribution in [0.15, 0.2) is 12.2 Å². The maximum absolute atomic E-state index is 10.6. The maximum Gasteiger partial charge on any atom is 0.156 e. The van der Waals surface area contributed by atoms with E-state index in [1.165, 1.54) is 0 Å². The molecule has 1 aliphatic rings. The van der Waals surface area contributed by atoms with Crippen molar-refractivity contribution in [3.05, 3.63) is 12.2 Å². The third-order valence-electron chi connectivity index (χ3n) is 1.35. The van der Waals surface area contributed by atoms with E-state index in [0.717, 1.165) is 6.42 Å². The van der Waals surface area contributed by atoms with E-state index in [0.29, 0.717) is 6.42 Å². The molecule has 1 rings (SSSR count). The SMILES string of the molecule is N#CC1CC=CC(=O)C1. The van der Waals surface area contributed by atoms with Gasteiger partial charge in [-0.1, -0.05) is 6.08 Å². The van der Waals surface area contributed by atoms with Crippen LogP contribution in [0.4, 0.5) is 0 Å². The first-order valence-corrected chi connectivity index (χ1v) is 2.92. The summed E-state index contributed by atoms with van der Waals surface area (Å²) in [5, 5.41) is 8.37. The molecule has 9 heavy (non-hydrogen) atoms. The summed E-state index contributed by atoms with van der Waals surface area (Å²) in [6.45, 7) is 0. The number of nitriles is 1. The highest BCUT2D eigenvalue weighted by molar-refractivity contribution is 5.90. The zero-order chi connectivity index (χ0) is 6.69. The average molecular weight is 121 g/mol. The number of hydrogen-bond donors (Lipinski definition) is 0. The van der Waals surface area contributed by atoms with E-state index in [1.54, 1.807) is 12.2 Å². The van der Waals surface area contributed by atoms with Gasteiger partial charge in [0.25, 0.3) is 0 Å². The van der Waals surface area contributed by atoms with Gasteiger partial charge in [0.15, 0.2) is 5.78 Å². The highest BCUT2D eigenvalue weighted by Gasteiger charge is 2.13. The monoisotopic (exact) mass is 121 g/mol. The molecule has 0 radical (unpaired) electrons. The zero-order valence-electron chi connectivity index (χ0n) is 5.00. The molecule has 0 saturated carbocycles. The Kier molecular flexibility index (Phi) is 1.64. The van der Waals surface area contributed by atoms with Crippen molar-refractivity contribution >= 4 is 5.78 Å². The van der Waals surface area contributed by atoms with Crippen LogP contribution in [0.3, 0.4) is 0 Å². The third-order valence-corrected chi connectivity index (χ3v) is 1.35. The van der Waals surface area contributed by atoms with E-state index >= 15 is 0 Å². The normalized spacial score (nSPS) is 25.7. The first-order chi connectivity index (χ1) is 4.33. The molecule has 0 aromatic rings. The van der Waals surface area contributed by atoms with Crippen LogP contribution >= 0.6 is 0 Å². The van der Waals surface area contributed by atoms with Crippen LogP contribution in [0, 0.1) is 17.2 Å². The van der Waals surface area contributed by atoms with Gasteiger partial charge >= 0.3 is 0 Å². The lowest BCUT2D eigenvalue weighted by Gasteiger charge is -2.06. The number of allylic oxidation sites excluding steroid dienone is 2. The number of carbonyl (C=O) groups excluding carboxylic acids is 1. The van der Waals surface area contributed by atoms with Gasteiger partial charge in [-0.05, 0) is 12.5 Å². The smallest absolute Gasteiger partial charge is 0.156 e. The Morgan fingerprint density at radius 2 is 2.56 bits per heavy atom. The molecule has 2 heteroatoms. The van der Waals surface area contributed by atoms with Crippen LogP contribution in [0.2, 0.25) is 0 Å². The second-order valence-electron chi connectivity index (χ2n) is 2.13. The summed E-state index contributed by atoms with van der Waals surface area (Å²) in [5.74, 6) is 0.00954. The summed E-state index contributed by atoms with van der Waals surface area (Å²) in [4.78, 5) is 10.6. The van der Waals surface area contributed by atoms with Crippen LogP contribution in [-0.4, -0.2) is 5.78 Å². The van der Waals surface area contributed by atoms with Gasteiger partial charge in [-0.3, -0.25) is 4.79 Å². The molecule has 0 aromatic heterocycles. The molecule has 2 nitrogen and oxygen atoms in total. The summed E-state index contributed by atoms with van der Waals surface area (Å²) in [6.07, 6.45) is 4.46. The predicted molar refractivity (Wildman–Crippen MR) is 32.5 cm³/mol. The Morgan fingerprint density at radius 3 is 3.00 bits per heavy atom. The molecule has 1 unspecified atom stereocenters. The molecular formula is C7H7NO. The minimum atomic E-state index is -0.0671. The highest BCUT2D eigenvalue weighted by Crippen LogP contribution is 2.13. The first kappa shape index (κ1) is 6.03. The van der Waals surface area contributed by atoms with Gasteiger partial charge in [0.05, 0.1) is 12.0 Å². The Balaban J connectivity index is 2.60. The maximum atomic E-state index is 10.6. The molecule has 0 amide bonds. The largest absolute Gasteiger partial charge is 0.295 e. The van der Waals surface area contributed by atoms with E-state index in [9.17, 15) is 4.79 Å². The molecule has 0 fully saturated rings. The Bertz CT molecular complexity index is 188. The second kappa shape index (κ2) is 2.45. The number of rotatable bonds is 0. The molecule has 0 saturated heterocycles. The van der Waals surface area contributed by atoms with E-state index in [2.05, 4.69) is 6.07 Å². The van der Waals surface area contributed by atoms with Crippen molar-refractivity contribution in [3.63, 3.8) is 0 Å². The molecule has 46 valence electrons.